The Morgan fingerprint density at radius 1 is 0.923 bits per heavy atom. The monoisotopic (exact) mass is 518 g/mol. The first-order valence-corrected chi connectivity index (χ1v) is 13.3. The Labute approximate surface area is 224 Å². The first-order chi connectivity index (χ1) is 19.2. The molecule has 3 N–H and O–H groups in total. The highest BCUT2D eigenvalue weighted by Crippen LogP contribution is 2.32. The van der Waals surface area contributed by atoms with Crippen molar-refractivity contribution in [1.82, 2.24) is 40.4 Å². The highest BCUT2D eigenvalue weighted by molar-refractivity contribution is 5.96. The number of halogens is 1. The molecule has 1 aromatic carbocycles. The maximum absolute atomic E-state index is 14.6. The molecule has 7 rings (SSSR count). The van der Waals surface area contributed by atoms with Crippen LogP contribution in [-0.4, -0.2) is 41.7 Å². The number of H-pyrrole nitrogens is 2. The molecule has 1 aliphatic rings. The van der Waals surface area contributed by atoms with Crippen LogP contribution in [0.15, 0.2) is 67.3 Å². The van der Waals surface area contributed by atoms with Gasteiger partial charge in [-0.15, -0.1) is 0 Å². The fourth-order valence-corrected chi connectivity index (χ4v) is 5.55. The van der Waals surface area contributed by atoms with Crippen molar-refractivity contribution in [1.29, 1.82) is 0 Å². The minimum atomic E-state index is -0.299. The first-order valence-electron chi connectivity index (χ1n) is 13.3. The molecule has 1 saturated carbocycles. The molecule has 6 aromatic rings. The van der Waals surface area contributed by atoms with Gasteiger partial charge in [0.05, 0.1) is 10.9 Å². The molecule has 0 amide bonds. The second-order valence-electron chi connectivity index (χ2n) is 10.2. The topological polar surface area (TPSA) is 108 Å². The van der Waals surface area contributed by atoms with Gasteiger partial charge in [0, 0.05) is 53.6 Å². The molecule has 0 aliphatic heterocycles. The highest BCUT2D eigenvalue weighted by atomic mass is 19.1. The van der Waals surface area contributed by atoms with Crippen LogP contribution in [0.5, 0.6) is 0 Å². The number of aromatic amines is 2. The van der Waals surface area contributed by atoms with Crippen LogP contribution in [0.2, 0.25) is 0 Å². The molecule has 0 spiro atoms. The average Bonchev–Trinajstić information content (AvgIpc) is 3.73. The van der Waals surface area contributed by atoms with Crippen molar-refractivity contribution < 1.29 is 4.39 Å². The van der Waals surface area contributed by atoms with Gasteiger partial charge >= 0.3 is 0 Å². The summed E-state index contributed by atoms with van der Waals surface area (Å²) in [4.78, 5) is 21.5. The van der Waals surface area contributed by atoms with Gasteiger partial charge in [-0.25, -0.2) is 19.3 Å². The zero-order chi connectivity index (χ0) is 26.2. The Morgan fingerprint density at radius 2 is 1.79 bits per heavy atom. The Bertz CT molecular complexity index is 1780. The largest absolute Gasteiger partial charge is 0.335 e. The molecule has 5 aromatic heterocycles. The number of imidazole rings is 1. The van der Waals surface area contributed by atoms with E-state index in [1.165, 1.54) is 31.7 Å². The van der Waals surface area contributed by atoms with E-state index in [9.17, 15) is 4.39 Å². The lowest BCUT2D eigenvalue weighted by Gasteiger charge is -2.11. The molecule has 0 atom stereocenters. The van der Waals surface area contributed by atoms with Crippen molar-refractivity contribution in [2.24, 2.45) is 5.92 Å². The van der Waals surface area contributed by atoms with Gasteiger partial charge in [-0.1, -0.05) is 31.0 Å². The fraction of sp³-hybridized carbons (Fsp3) is 0.233. The van der Waals surface area contributed by atoms with Crippen molar-refractivity contribution in [2.75, 3.05) is 6.54 Å². The van der Waals surface area contributed by atoms with Crippen molar-refractivity contribution in [3.05, 3.63) is 78.6 Å². The molecule has 0 radical (unpaired) electrons. The normalized spacial score (nSPS) is 14.1. The number of benzene rings is 1. The third kappa shape index (κ3) is 4.55. The highest BCUT2D eigenvalue weighted by Gasteiger charge is 2.18. The predicted molar refractivity (Wildman–Crippen MR) is 149 cm³/mol. The van der Waals surface area contributed by atoms with E-state index in [1.54, 1.807) is 24.4 Å². The maximum atomic E-state index is 14.6. The molecule has 0 bridgehead atoms. The molecular weight excluding hydrogens is 491 g/mol. The van der Waals surface area contributed by atoms with Crippen LogP contribution in [0.4, 0.5) is 4.39 Å². The van der Waals surface area contributed by atoms with Crippen molar-refractivity contribution >= 4 is 22.2 Å². The van der Waals surface area contributed by atoms with Gasteiger partial charge in [0.1, 0.15) is 11.5 Å². The van der Waals surface area contributed by atoms with E-state index < -0.39 is 0 Å². The molecule has 8 nitrogen and oxygen atoms in total. The van der Waals surface area contributed by atoms with Crippen molar-refractivity contribution in [3.8, 4) is 33.8 Å². The number of rotatable bonds is 7. The van der Waals surface area contributed by atoms with Crippen LogP contribution in [0.3, 0.4) is 0 Å². The van der Waals surface area contributed by atoms with E-state index in [4.69, 9.17) is 4.98 Å². The smallest absolute Gasteiger partial charge is 0.181 e. The number of aromatic nitrogens is 7. The fourth-order valence-electron chi connectivity index (χ4n) is 5.55. The minimum Gasteiger partial charge on any atom is -0.335 e. The zero-order valence-electron chi connectivity index (χ0n) is 21.3. The van der Waals surface area contributed by atoms with E-state index in [0.29, 0.717) is 39.5 Å². The van der Waals surface area contributed by atoms with E-state index >= 15 is 0 Å². The zero-order valence-corrected chi connectivity index (χ0v) is 21.3. The lowest BCUT2D eigenvalue weighted by molar-refractivity contribution is 0.489. The number of nitrogens with zero attached hydrogens (tertiary/aromatic N) is 5. The molecular formula is C30H27FN8. The summed E-state index contributed by atoms with van der Waals surface area (Å²) < 4.78 is 14.6. The summed E-state index contributed by atoms with van der Waals surface area (Å²) >= 11 is 0. The van der Waals surface area contributed by atoms with E-state index in [0.717, 1.165) is 41.1 Å². The Balaban J connectivity index is 1.21. The van der Waals surface area contributed by atoms with Crippen LogP contribution < -0.4 is 5.32 Å². The third-order valence-electron chi connectivity index (χ3n) is 7.57. The second kappa shape index (κ2) is 9.99. The molecule has 0 unspecified atom stereocenters. The SMILES string of the molecule is Fc1ccccc1-c1ccnc2nc(-c3[nH]nc4ncc(-c5cncc(CNCC6CCCC6)c5)cc34)[nH]c12. The summed E-state index contributed by atoms with van der Waals surface area (Å²) in [6.45, 7) is 1.85. The molecule has 0 saturated heterocycles. The summed E-state index contributed by atoms with van der Waals surface area (Å²) in [5.74, 6) is 1.06. The van der Waals surface area contributed by atoms with E-state index in [-0.39, 0.29) is 5.82 Å². The molecule has 39 heavy (non-hydrogen) atoms. The summed E-state index contributed by atoms with van der Waals surface area (Å²) in [5.41, 5.74) is 6.69. The Hall–Kier alpha value is -4.50. The Kier molecular flexibility index (Phi) is 6.05. The number of nitrogens with one attached hydrogen (secondary N) is 3. The molecule has 9 heteroatoms. The standard InChI is InChI=1S/C30H27FN8/c31-25-8-4-3-7-22(25)23-9-10-34-29-26(23)36-30(37-29)27-24-12-21(17-35-28(24)39-38-27)20-11-19(15-33-16-20)14-32-13-18-5-1-2-6-18/h3-4,7-12,15-18,32H,1-2,5-6,13-14H2,(H,34,36,37)(H,35,38,39). The van der Waals surface area contributed by atoms with Crippen molar-refractivity contribution in [2.45, 2.75) is 32.2 Å². The van der Waals surface area contributed by atoms with Gasteiger partial charge < -0.3 is 10.3 Å². The van der Waals surface area contributed by atoms with Gasteiger partial charge in [0.2, 0.25) is 0 Å². The first kappa shape index (κ1) is 23.6. The summed E-state index contributed by atoms with van der Waals surface area (Å²) in [7, 11) is 0. The molecule has 1 aliphatic carbocycles. The summed E-state index contributed by atoms with van der Waals surface area (Å²) in [5, 5.41) is 11.9. The van der Waals surface area contributed by atoms with E-state index in [2.05, 4.69) is 41.5 Å². The molecule has 5 heterocycles. The molecule has 1 fully saturated rings. The Morgan fingerprint density at radius 3 is 2.69 bits per heavy atom. The van der Waals surface area contributed by atoms with Gasteiger partial charge in [-0.05, 0) is 55.1 Å². The molecule has 194 valence electrons. The van der Waals surface area contributed by atoms with Crippen LogP contribution in [-0.2, 0) is 6.54 Å². The summed E-state index contributed by atoms with van der Waals surface area (Å²) in [6.07, 6.45) is 12.6. The maximum Gasteiger partial charge on any atom is 0.181 e. The predicted octanol–water partition coefficient (Wildman–Crippen LogP) is 6.04. The quantitative estimate of drug-likeness (QED) is 0.238. The van der Waals surface area contributed by atoms with Crippen LogP contribution in [0.1, 0.15) is 31.2 Å². The number of pyridine rings is 3. The van der Waals surface area contributed by atoms with Gasteiger partial charge in [0.15, 0.2) is 17.1 Å². The number of hydrogen-bond donors (Lipinski definition) is 3. The lowest BCUT2D eigenvalue weighted by atomic mass is 10.1. The average molecular weight is 519 g/mol. The third-order valence-corrected chi connectivity index (χ3v) is 7.57. The van der Waals surface area contributed by atoms with Gasteiger partial charge in [0.25, 0.3) is 0 Å². The van der Waals surface area contributed by atoms with Crippen LogP contribution in [0, 0.1) is 11.7 Å². The number of fused-ring (bicyclic) bond motifs is 2. The van der Waals surface area contributed by atoms with Crippen LogP contribution in [0.25, 0.3) is 56.0 Å². The van der Waals surface area contributed by atoms with E-state index in [1.807, 2.05) is 30.7 Å². The number of hydrogen-bond acceptors (Lipinski definition) is 6. The second-order valence-corrected chi connectivity index (χ2v) is 10.2. The van der Waals surface area contributed by atoms with Crippen LogP contribution >= 0.6 is 0 Å². The lowest BCUT2D eigenvalue weighted by Crippen LogP contribution is -2.20. The van der Waals surface area contributed by atoms with Gasteiger partial charge in [-0.2, -0.15) is 5.10 Å². The minimum absolute atomic E-state index is 0.299. The summed E-state index contributed by atoms with van der Waals surface area (Å²) in [6, 6.07) is 12.7. The van der Waals surface area contributed by atoms with Gasteiger partial charge in [-0.3, -0.25) is 10.1 Å². The van der Waals surface area contributed by atoms with Crippen molar-refractivity contribution in [3.63, 3.8) is 0 Å².